The first kappa shape index (κ1) is 23.7. The van der Waals surface area contributed by atoms with Gasteiger partial charge in [0.1, 0.15) is 0 Å². The van der Waals surface area contributed by atoms with E-state index in [-0.39, 0.29) is 51.3 Å². The Morgan fingerprint density at radius 3 is 2.21 bits per heavy atom. The molecule has 11 nitrogen and oxygen atoms in total. The number of hydrogen-bond donors (Lipinski definition) is 0. The maximum absolute atomic E-state index is 12.2. The van der Waals surface area contributed by atoms with Crippen molar-refractivity contribution in [1.82, 2.24) is 5.06 Å². The van der Waals surface area contributed by atoms with Crippen molar-refractivity contribution in [2.45, 2.75) is 11.7 Å². The predicted octanol–water partition coefficient (Wildman–Crippen LogP) is -4.29. The molecular weight excluding hydrogens is 407 g/mol. The van der Waals surface area contributed by atoms with E-state index in [4.69, 9.17) is 4.84 Å². The Morgan fingerprint density at radius 2 is 1.68 bits per heavy atom. The van der Waals surface area contributed by atoms with Gasteiger partial charge in [-0.05, 0) is 18.2 Å². The molecular formula is C15H12N2NaO9S+. The monoisotopic (exact) mass is 419 g/mol. The van der Waals surface area contributed by atoms with Gasteiger partial charge in [0, 0.05) is 23.8 Å². The SMILES string of the molecule is O=C(ON1C(=O)CC([S-](=O)=O)C1=O)c1cccc(N2C(=O)C=CC2=O)c1.[Na+].[OH3+]. The van der Waals surface area contributed by atoms with Crippen molar-refractivity contribution in [2.24, 2.45) is 0 Å². The van der Waals surface area contributed by atoms with Crippen molar-refractivity contribution in [3.8, 4) is 0 Å². The summed E-state index contributed by atoms with van der Waals surface area (Å²) in [5.41, 5.74) is -0.0561. The minimum atomic E-state index is -2.83. The topological polar surface area (TPSA) is 168 Å². The molecule has 2 heterocycles. The molecule has 13 heteroatoms. The number of hydrogen-bond acceptors (Lipinski definition) is 9. The summed E-state index contributed by atoms with van der Waals surface area (Å²) in [6.07, 6.45) is 1.51. The third-order valence-electron chi connectivity index (χ3n) is 3.62. The average Bonchev–Trinajstić information content (AvgIpc) is 3.08. The summed E-state index contributed by atoms with van der Waals surface area (Å²) in [6.45, 7) is 0. The Balaban J connectivity index is 0.00000196. The third-order valence-corrected chi connectivity index (χ3v) is 4.45. The van der Waals surface area contributed by atoms with Crippen molar-refractivity contribution in [3.63, 3.8) is 0 Å². The minimum Gasteiger partial charge on any atom is -0.457 e. The molecule has 0 radical (unpaired) electrons. The number of carbonyl (C=O) groups is 5. The van der Waals surface area contributed by atoms with Crippen LogP contribution in [0.4, 0.5) is 5.69 Å². The predicted molar refractivity (Wildman–Crippen MR) is 87.4 cm³/mol. The quantitative estimate of drug-likeness (QED) is 0.204. The molecule has 0 aliphatic carbocycles. The van der Waals surface area contributed by atoms with Gasteiger partial charge in [-0.2, -0.15) is 0 Å². The van der Waals surface area contributed by atoms with Gasteiger partial charge in [-0.1, -0.05) is 16.8 Å². The summed E-state index contributed by atoms with van der Waals surface area (Å²) in [4.78, 5) is 64.5. The summed E-state index contributed by atoms with van der Waals surface area (Å²) in [6, 6.07) is 5.22. The van der Waals surface area contributed by atoms with Crippen LogP contribution in [0.5, 0.6) is 0 Å². The van der Waals surface area contributed by atoms with Crippen LogP contribution in [0.25, 0.3) is 0 Å². The van der Waals surface area contributed by atoms with Crippen LogP contribution in [0.3, 0.4) is 0 Å². The normalized spacial score (nSPS) is 18.4. The fourth-order valence-corrected chi connectivity index (χ4v) is 2.93. The van der Waals surface area contributed by atoms with Crippen LogP contribution in [-0.2, 0) is 48.6 Å². The molecule has 2 aliphatic heterocycles. The van der Waals surface area contributed by atoms with Gasteiger partial charge >= 0.3 is 35.5 Å². The van der Waals surface area contributed by atoms with E-state index in [1.807, 2.05) is 0 Å². The van der Waals surface area contributed by atoms with E-state index in [0.29, 0.717) is 0 Å². The number of amides is 4. The van der Waals surface area contributed by atoms with Gasteiger partial charge in [-0.25, -0.2) is 9.69 Å². The molecule has 3 rings (SSSR count). The first-order valence-electron chi connectivity index (χ1n) is 7.13. The van der Waals surface area contributed by atoms with Gasteiger partial charge in [0.2, 0.25) is 0 Å². The molecule has 0 bridgehead atoms. The van der Waals surface area contributed by atoms with Gasteiger partial charge in [0.15, 0.2) is 0 Å². The molecule has 0 saturated carbocycles. The molecule has 28 heavy (non-hydrogen) atoms. The van der Waals surface area contributed by atoms with Crippen LogP contribution < -0.4 is 34.5 Å². The average molecular weight is 419 g/mol. The largest absolute Gasteiger partial charge is 1.00 e. The molecule has 3 N–H and O–H groups in total. The summed E-state index contributed by atoms with van der Waals surface area (Å²) in [7, 11) is -2.83. The van der Waals surface area contributed by atoms with E-state index in [1.54, 1.807) is 0 Å². The minimum absolute atomic E-state index is 0. The number of hydroxylamine groups is 2. The van der Waals surface area contributed by atoms with Gasteiger partial charge in [0.25, 0.3) is 23.6 Å². The Kier molecular flexibility index (Phi) is 7.78. The summed E-state index contributed by atoms with van der Waals surface area (Å²) >= 11 is 0. The van der Waals surface area contributed by atoms with Crippen molar-refractivity contribution in [2.75, 3.05) is 4.90 Å². The van der Waals surface area contributed by atoms with Gasteiger partial charge < -0.3 is 18.7 Å². The fraction of sp³-hybridized carbons (Fsp3) is 0.133. The number of imide groups is 2. The number of benzene rings is 1. The molecule has 1 aromatic carbocycles. The van der Waals surface area contributed by atoms with Crippen molar-refractivity contribution in [3.05, 3.63) is 42.0 Å². The summed E-state index contributed by atoms with van der Waals surface area (Å²) < 4.78 is 21.8. The molecule has 1 fully saturated rings. The van der Waals surface area contributed by atoms with Gasteiger partial charge in [0.05, 0.1) is 11.3 Å². The second-order valence-electron chi connectivity index (χ2n) is 5.25. The van der Waals surface area contributed by atoms with Crippen molar-refractivity contribution < 1.29 is 72.3 Å². The second-order valence-corrected chi connectivity index (χ2v) is 6.34. The zero-order valence-electron chi connectivity index (χ0n) is 14.4. The van der Waals surface area contributed by atoms with E-state index in [9.17, 15) is 32.4 Å². The van der Waals surface area contributed by atoms with E-state index in [0.717, 1.165) is 17.1 Å². The van der Waals surface area contributed by atoms with Crippen LogP contribution in [0.2, 0.25) is 0 Å². The third kappa shape index (κ3) is 4.36. The first-order valence-corrected chi connectivity index (χ1v) is 8.26. The van der Waals surface area contributed by atoms with Gasteiger partial charge in [-0.3, -0.25) is 19.2 Å². The molecule has 1 aromatic rings. The smallest absolute Gasteiger partial charge is 0.457 e. The maximum Gasteiger partial charge on any atom is 1.00 e. The molecule has 1 saturated heterocycles. The zero-order valence-corrected chi connectivity index (χ0v) is 17.2. The van der Waals surface area contributed by atoms with Crippen molar-refractivity contribution in [1.29, 1.82) is 0 Å². The molecule has 4 amide bonds. The number of carbonyl (C=O) groups excluding carboxylic acids is 5. The molecule has 1 unspecified atom stereocenters. The Labute approximate surface area is 181 Å². The Hall–Kier alpha value is -2.38. The van der Waals surface area contributed by atoms with Crippen LogP contribution in [0.1, 0.15) is 16.8 Å². The molecule has 1 atom stereocenters. The molecule has 0 spiro atoms. The molecule has 2 aliphatic rings. The second kappa shape index (κ2) is 9.21. The number of rotatable bonds is 4. The zero-order chi connectivity index (χ0) is 19.0. The van der Waals surface area contributed by atoms with Crippen LogP contribution in [-0.4, -0.2) is 39.9 Å². The standard InChI is InChI=1S/C15H9N2O8S.Na.H2O/c18-11-4-5-12(19)16(11)9-3-1-2-8(6-9)15(22)25-17-13(20)7-10(14(17)21)26(23)24;;/h1-6,10H,7H2;;1H2/q-1;+1;/p+1. The molecule has 0 aromatic heterocycles. The van der Waals surface area contributed by atoms with E-state index in [2.05, 4.69) is 0 Å². The van der Waals surface area contributed by atoms with E-state index in [1.165, 1.54) is 24.3 Å². The van der Waals surface area contributed by atoms with E-state index >= 15 is 0 Å². The van der Waals surface area contributed by atoms with Crippen molar-refractivity contribution >= 4 is 46.0 Å². The maximum atomic E-state index is 12.2. The number of anilines is 1. The van der Waals surface area contributed by atoms with Crippen LogP contribution >= 0.6 is 0 Å². The van der Waals surface area contributed by atoms with Crippen LogP contribution in [0.15, 0.2) is 36.4 Å². The van der Waals surface area contributed by atoms with Crippen LogP contribution in [0, 0.1) is 0 Å². The van der Waals surface area contributed by atoms with Gasteiger partial charge in [-0.15, -0.1) is 5.06 Å². The first-order chi connectivity index (χ1) is 12.3. The Morgan fingerprint density at radius 1 is 1.07 bits per heavy atom. The fourth-order valence-electron chi connectivity index (χ4n) is 2.39. The Bertz CT molecular complexity index is 946. The number of nitrogens with zero attached hydrogens (tertiary/aromatic N) is 2. The summed E-state index contributed by atoms with van der Waals surface area (Å²) in [5, 5.41) is -1.50. The summed E-state index contributed by atoms with van der Waals surface area (Å²) in [5.74, 6) is -4.44. The molecule has 142 valence electrons. The van der Waals surface area contributed by atoms with E-state index < -0.39 is 52.0 Å².